The number of carbonyl (C=O) groups excluding carboxylic acids is 1. The van der Waals surface area contributed by atoms with Gasteiger partial charge in [0.05, 0.1) is 12.1 Å². The molecule has 2 heterocycles. The molecule has 1 aliphatic heterocycles. The lowest BCUT2D eigenvalue weighted by atomic mass is 10.1. The summed E-state index contributed by atoms with van der Waals surface area (Å²) in [6, 6.07) is 10.8. The minimum atomic E-state index is 0.459. The molecule has 4 heteroatoms. The Bertz CT molecular complexity index is 608. The van der Waals surface area contributed by atoms with Crippen LogP contribution in [-0.2, 0) is 4.79 Å². The molecule has 0 unspecified atom stereocenters. The molecule has 1 fully saturated rings. The maximum Gasteiger partial charge on any atom is 0.133 e. The van der Waals surface area contributed by atoms with Crippen molar-refractivity contribution in [3.05, 3.63) is 36.5 Å². The van der Waals surface area contributed by atoms with Gasteiger partial charge in [0.15, 0.2) is 0 Å². The van der Waals surface area contributed by atoms with Crippen LogP contribution in [0, 0.1) is 0 Å². The van der Waals surface area contributed by atoms with E-state index in [1.54, 1.807) is 0 Å². The molecular weight excluding hydrogens is 250 g/mol. The zero-order valence-electron chi connectivity index (χ0n) is 11.7. The second kappa shape index (κ2) is 5.59. The Hall–Kier alpha value is -1.94. The van der Waals surface area contributed by atoms with Gasteiger partial charge < -0.3 is 9.69 Å². The largest absolute Gasteiger partial charge is 0.370 e. The van der Waals surface area contributed by atoms with Crippen molar-refractivity contribution in [2.75, 3.05) is 31.6 Å². The second-order valence-electron chi connectivity index (χ2n) is 5.33. The Kier molecular flexibility index (Phi) is 3.65. The predicted molar refractivity (Wildman–Crippen MR) is 81.1 cm³/mol. The third-order valence-electron chi connectivity index (χ3n) is 4.13. The monoisotopic (exact) mass is 269 g/mol. The molecular formula is C16H19N3O. The first-order valence-electron chi connectivity index (χ1n) is 7.02. The maximum atomic E-state index is 10.6. The lowest BCUT2D eigenvalue weighted by molar-refractivity contribution is -0.108. The van der Waals surface area contributed by atoms with E-state index in [4.69, 9.17) is 0 Å². The fraction of sp³-hybridized carbons (Fsp3) is 0.375. The second-order valence-corrected chi connectivity index (χ2v) is 5.33. The van der Waals surface area contributed by atoms with E-state index in [1.165, 1.54) is 11.1 Å². The van der Waals surface area contributed by atoms with Gasteiger partial charge in [0.2, 0.25) is 0 Å². The topological polar surface area (TPSA) is 36.4 Å². The molecule has 0 spiro atoms. The zero-order valence-corrected chi connectivity index (χ0v) is 11.7. The van der Waals surface area contributed by atoms with Crippen LogP contribution in [0.15, 0.2) is 36.5 Å². The van der Waals surface area contributed by atoms with Crippen LogP contribution in [0.5, 0.6) is 0 Å². The maximum absolute atomic E-state index is 10.6. The van der Waals surface area contributed by atoms with Crippen LogP contribution in [0.2, 0.25) is 0 Å². The van der Waals surface area contributed by atoms with Gasteiger partial charge in [0.1, 0.15) is 6.29 Å². The van der Waals surface area contributed by atoms with Crippen LogP contribution < -0.4 is 4.90 Å². The van der Waals surface area contributed by atoms with E-state index in [-0.39, 0.29) is 0 Å². The van der Waals surface area contributed by atoms with E-state index < -0.39 is 0 Å². The molecule has 0 saturated carbocycles. The van der Waals surface area contributed by atoms with Gasteiger partial charge in [-0.2, -0.15) is 0 Å². The summed E-state index contributed by atoms with van der Waals surface area (Å²) < 4.78 is 0. The van der Waals surface area contributed by atoms with Crippen molar-refractivity contribution in [3.63, 3.8) is 0 Å². The van der Waals surface area contributed by atoms with E-state index in [0.717, 1.165) is 31.3 Å². The van der Waals surface area contributed by atoms with Crippen molar-refractivity contribution < 1.29 is 4.79 Å². The Morgan fingerprint density at radius 3 is 3.15 bits per heavy atom. The summed E-state index contributed by atoms with van der Waals surface area (Å²) in [5.74, 6) is 0. The van der Waals surface area contributed by atoms with Gasteiger partial charge in [-0.25, -0.2) is 0 Å². The summed E-state index contributed by atoms with van der Waals surface area (Å²) in [5.41, 5.74) is 2.24. The molecule has 0 N–H and O–H groups in total. The number of likely N-dealkylation sites (tertiary alicyclic amines) is 1. The van der Waals surface area contributed by atoms with Gasteiger partial charge in [-0.1, -0.05) is 6.07 Å². The summed E-state index contributed by atoms with van der Waals surface area (Å²) in [6.45, 7) is 2.49. The van der Waals surface area contributed by atoms with Crippen molar-refractivity contribution >= 4 is 22.9 Å². The molecule has 0 bridgehead atoms. The number of carbonyl (C=O) groups is 1. The van der Waals surface area contributed by atoms with E-state index in [1.807, 2.05) is 18.3 Å². The van der Waals surface area contributed by atoms with Crippen LogP contribution in [0.1, 0.15) is 6.42 Å². The number of aldehydes is 1. The predicted octanol–water partition coefficient (Wildman–Crippen LogP) is 1.94. The molecule has 1 aromatic heterocycles. The summed E-state index contributed by atoms with van der Waals surface area (Å²) in [7, 11) is 2.14. The summed E-state index contributed by atoms with van der Waals surface area (Å²) in [5, 5.41) is 1.19. The normalized spacial score (nSPS) is 19.4. The van der Waals surface area contributed by atoms with E-state index in [9.17, 15) is 4.79 Å². The fourth-order valence-electron chi connectivity index (χ4n) is 2.99. The molecule has 1 atom stereocenters. The number of nitrogens with zero attached hydrogens (tertiary/aromatic N) is 3. The first-order chi connectivity index (χ1) is 9.79. The average Bonchev–Trinajstić information content (AvgIpc) is 2.95. The standard InChI is InChI=1S/C16H19N3O/c1-18(13-7-9-19(12-13)10-11-20)16-6-2-5-15-14(16)4-3-8-17-15/h2-6,8,11,13H,7,9-10,12H2,1H3/t13-/m0/s1. The Balaban J connectivity index is 1.86. The smallest absolute Gasteiger partial charge is 0.133 e. The SMILES string of the molecule is CN(c1cccc2ncccc12)[C@H]1CCN(CC=O)C1. The van der Waals surface area contributed by atoms with E-state index >= 15 is 0 Å². The van der Waals surface area contributed by atoms with Gasteiger partial charge in [-0.3, -0.25) is 9.88 Å². The highest BCUT2D eigenvalue weighted by atomic mass is 16.1. The molecule has 3 rings (SSSR count). The number of pyridine rings is 1. The summed E-state index contributed by atoms with van der Waals surface area (Å²) in [4.78, 5) is 19.6. The van der Waals surface area contributed by atoms with E-state index in [0.29, 0.717) is 12.6 Å². The van der Waals surface area contributed by atoms with Crippen LogP contribution >= 0.6 is 0 Å². The van der Waals surface area contributed by atoms with Gasteiger partial charge in [0.25, 0.3) is 0 Å². The molecule has 0 amide bonds. The fourth-order valence-corrected chi connectivity index (χ4v) is 2.99. The van der Waals surface area contributed by atoms with Crippen molar-refractivity contribution in [1.29, 1.82) is 0 Å². The number of aromatic nitrogens is 1. The quantitative estimate of drug-likeness (QED) is 0.795. The highest BCUT2D eigenvalue weighted by molar-refractivity contribution is 5.91. The van der Waals surface area contributed by atoms with Gasteiger partial charge >= 0.3 is 0 Å². The first kappa shape index (κ1) is 13.1. The number of rotatable bonds is 4. The molecule has 0 aliphatic carbocycles. The zero-order chi connectivity index (χ0) is 13.9. The van der Waals surface area contributed by atoms with E-state index in [2.05, 4.69) is 40.0 Å². The molecule has 1 aromatic carbocycles. The molecule has 2 aromatic rings. The van der Waals surface area contributed by atoms with Gasteiger partial charge in [-0.15, -0.1) is 0 Å². The van der Waals surface area contributed by atoms with Crippen molar-refractivity contribution in [2.45, 2.75) is 12.5 Å². The minimum absolute atomic E-state index is 0.459. The Morgan fingerprint density at radius 2 is 2.30 bits per heavy atom. The number of hydrogen-bond donors (Lipinski definition) is 0. The Morgan fingerprint density at radius 1 is 1.40 bits per heavy atom. The molecule has 1 aliphatic rings. The number of hydrogen-bond acceptors (Lipinski definition) is 4. The van der Waals surface area contributed by atoms with Gasteiger partial charge in [-0.05, 0) is 30.7 Å². The number of benzene rings is 1. The average molecular weight is 269 g/mol. The van der Waals surface area contributed by atoms with Gasteiger partial charge in [0, 0.05) is 43.4 Å². The molecule has 4 nitrogen and oxygen atoms in total. The lowest BCUT2D eigenvalue weighted by Crippen LogP contribution is -2.35. The third kappa shape index (κ3) is 2.39. The molecule has 20 heavy (non-hydrogen) atoms. The Labute approximate surface area is 119 Å². The highest BCUT2D eigenvalue weighted by Crippen LogP contribution is 2.28. The van der Waals surface area contributed by atoms with Crippen LogP contribution in [0.3, 0.4) is 0 Å². The van der Waals surface area contributed by atoms with Crippen LogP contribution in [-0.4, -0.2) is 48.9 Å². The van der Waals surface area contributed by atoms with Crippen molar-refractivity contribution in [2.24, 2.45) is 0 Å². The van der Waals surface area contributed by atoms with Crippen molar-refractivity contribution in [1.82, 2.24) is 9.88 Å². The lowest BCUT2D eigenvalue weighted by Gasteiger charge is -2.28. The molecule has 0 radical (unpaired) electrons. The van der Waals surface area contributed by atoms with Crippen molar-refractivity contribution in [3.8, 4) is 0 Å². The minimum Gasteiger partial charge on any atom is -0.370 e. The number of likely N-dealkylation sites (N-methyl/N-ethyl adjacent to an activating group) is 1. The third-order valence-corrected chi connectivity index (χ3v) is 4.13. The van der Waals surface area contributed by atoms with Crippen LogP contribution in [0.4, 0.5) is 5.69 Å². The number of fused-ring (bicyclic) bond motifs is 1. The molecule has 104 valence electrons. The number of anilines is 1. The molecule has 1 saturated heterocycles. The summed E-state index contributed by atoms with van der Waals surface area (Å²) in [6.07, 6.45) is 3.92. The first-order valence-corrected chi connectivity index (χ1v) is 7.02. The van der Waals surface area contributed by atoms with Crippen LogP contribution in [0.25, 0.3) is 10.9 Å². The summed E-state index contributed by atoms with van der Waals surface area (Å²) >= 11 is 0. The highest BCUT2D eigenvalue weighted by Gasteiger charge is 2.26.